The number of fused-ring (bicyclic) bond motifs is 3. The molecule has 0 N–H and O–H groups in total. The van der Waals surface area contributed by atoms with Crippen LogP contribution in [0.2, 0.25) is 0 Å². The Morgan fingerprint density at radius 1 is 0.812 bits per heavy atom. The summed E-state index contributed by atoms with van der Waals surface area (Å²) in [7, 11) is 0. The Morgan fingerprint density at radius 3 is 2.06 bits per heavy atom. The van der Waals surface area contributed by atoms with Crippen LogP contribution in [0.1, 0.15) is 47.5 Å². The van der Waals surface area contributed by atoms with E-state index in [1.807, 2.05) is 0 Å². The van der Waals surface area contributed by atoms with Gasteiger partial charge in [-0.05, 0) is 66.1 Å². The first-order valence-corrected chi connectivity index (χ1v) is 7.52. The number of hydrogen-bond donors (Lipinski definition) is 0. The summed E-state index contributed by atoms with van der Waals surface area (Å²) in [4.78, 5) is 0. The molecule has 0 saturated heterocycles. The third-order valence-corrected chi connectivity index (χ3v) is 6.34. The van der Waals surface area contributed by atoms with Crippen molar-refractivity contribution in [3.63, 3.8) is 0 Å². The van der Waals surface area contributed by atoms with E-state index >= 15 is 0 Å². The molecule has 0 aromatic rings. The van der Waals surface area contributed by atoms with Gasteiger partial charge in [0.05, 0.1) is 0 Å². The summed E-state index contributed by atoms with van der Waals surface area (Å²) in [5, 5.41) is 0. The van der Waals surface area contributed by atoms with E-state index in [2.05, 4.69) is 34.6 Å². The SMILES string of the molecule is CC(C)C1CC2C(C)C3CC3C2C1C(C)C. The van der Waals surface area contributed by atoms with E-state index in [4.69, 9.17) is 0 Å². The third-order valence-electron chi connectivity index (χ3n) is 6.34. The van der Waals surface area contributed by atoms with Gasteiger partial charge < -0.3 is 0 Å². The highest BCUT2D eigenvalue weighted by atomic mass is 14.7. The van der Waals surface area contributed by atoms with Crippen molar-refractivity contribution in [2.75, 3.05) is 0 Å². The molecule has 0 aliphatic heterocycles. The molecule has 16 heavy (non-hydrogen) atoms. The van der Waals surface area contributed by atoms with Crippen molar-refractivity contribution in [2.45, 2.75) is 47.5 Å². The monoisotopic (exact) mass is 220 g/mol. The van der Waals surface area contributed by atoms with E-state index in [-0.39, 0.29) is 0 Å². The van der Waals surface area contributed by atoms with Gasteiger partial charge in [-0.1, -0.05) is 34.6 Å². The van der Waals surface area contributed by atoms with Crippen LogP contribution in [-0.4, -0.2) is 0 Å². The van der Waals surface area contributed by atoms with Crippen LogP contribution in [0.5, 0.6) is 0 Å². The van der Waals surface area contributed by atoms with Crippen LogP contribution in [0.4, 0.5) is 0 Å². The van der Waals surface area contributed by atoms with Crippen molar-refractivity contribution < 1.29 is 0 Å². The van der Waals surface area contributed by atoms with E-state index in [0.717, 1.165) is 53.3 Å². The minimum atomic E-state index is 0.905. The smallest absolute Gasteiger partial charge is 0.0318 e. The maximum atomic E-state index is 2.55. The summed E-state index contributed by atoms with van der Waals surface area (Å²) in [6.45, 7) is 12.4. The lowest BCUT2D eigenvalue weighted by Gasteiger charge is -2.31. The molecular formula is C16H28. The second kappa shape index (κ2) is 3.50. The van der Waals surface area contributed by atoms with Gasteiger partial charge >= 0.3 is 0 Å². The Hall–Kier alpha value is 0. The molecule has 0 aromatic carbocycles. The second-order valence-electron chi connectivity index (χ2n) is 7.63. The van der Waals surface area contributed by atoms with Crippen LogP contribution in [0.25, 0.3) is 0 Å². The first kappa shape index (κ1) is 11.1. The zero-order valence-electron chi connectivity index (χ0n) is 11.6. The molecule has 0 heterocycles. The van der Waals surface area contributed by atoms with Crippen molar-refractivity contribution in [2.24, 2.45) is 53.3 Å². The Kier molecular flexibility index (Phi) is 2.43. The van der Waals surface area contributed by atoms with Gasteiger partial charge in [0.25, 0.3) is 0 Å². The first-order valence-electron chi connectivity index (χ1n) is 7.52. The lowest BCUT2D eigenvalue weighted by atomic mass is 9.74. The summed E-state index contributed by atoms with van der Waals surface area (Å²) in [6, 6.07) is 0. The first-order chi connectivity index (χ1) is 7.52. The van der Waals surface area contributed by atoms with Gasteiger partial charge in [0.15, 0.2) is 0 Å². The normalized spacial score (nSPS) is 54.6. The summed E-state index contributed by atoms with van der Waals surface area (Å²) >= 11 is 0. The highest BCUT2D eigenvalue weighted by Crippen LogP contribution is 2.70. The quantitative estimate of drug-likeness (QED) is 0.645. The van der Waals surface area contributed by atoms with Gasteiger partial charge in [0.1, 0.15) is 0 Å². The van der Waals surface area contributed by atoms with E-state index in [9.17, 15) is 0 Å². The van der Waals surface area contributed by atoms with Gasteiger partial charge in [-0.2, -0.15) is 0 Å². The Bertz CT molecular complexity index is 278. The van der Waals surface area contributed by atoms with Crippen molar-refractivity contribution in [3.8, 4) is 0 Å². The maximum absolute atomic E-state index is 2.55. The van der Waals surface area contributed by atoms with Crippen molar-refractivity contribution in [1.29, 1.82) is 0 Å². The Balaban J connectivity index is 1.87. The number of hydrogen-bond acceptors (Lipinski definition) is 0. The fraction of sp³-hybridized carbons (Fsp3) is 1.00. The zero-order valence-corrected chi connectivity index (χ0v) is 11.6. The van der Waals surface area contributed by atoms with Crippen molar-refractivity contribution in [3.05, 3.63) is 0 Å². The van der Waals surface area contributed by atoms with Crippen molar-refractivity contribution >= 4 is 0 Å². The fourth-order valence-electron chi connectivity index (χ4n) is 5.62. The molecule has 0 nitrogen and oxygen atoms in total. The Labute approximate surface area is 101 Å². The third kappa shape index (κ3) is 1.34. The van der Waals surface area contributed by atoms with Gasteiger partial charge in [-0.3, -0.25) is 0 Å². The molecule has 92 valence electrons. The highest BCUT2D eigenvalue weighted by molar-refractivity contribution is 5.12. The standard InChI is InChI=1S/C16H28/c1-8(2)11-6-13-10(5)12-7-14(12)16(13)15(11)9(3)4/h8-16H,6-7H2,1-5H3. The summed E-state index contributed by atoms with van der Waals surface area (Å²) in [5.74, 6) is 9.46. The van der Waals surface area contributed by atoms with Gasteiger partial charge in [-0.15, -0.1) is 0 Å². The predicted molar refractivity (Wildman–Crippen MR) is 69.0 cm³/mol. The van der Waals surface area contributed by atoms with Gasteiger partial charge in [-0.25, -0.2) is 0 Å². The topological polar surface area (TPSA) is 0 Å². The minimum absolute atomic E-state index is 0.905. The van der Waals surface area contributed by atoms with Crippen molar-refractivity contribution in [1.82, 2.24) is 0 Å². The minimum Gasteiger partial charge on any atom is -0.0625 e. The Morgan fingerprint density at radius 2 is 1.50 bits per heavy atom. The van der Waals surface area contributed by atoms with E-state index in [1.165, 1.54) is 0 Å². The molecule has 0 spiro atoms. The molecule has 0 amide bonds. The molecule has 0 aromatic heterocycles. The number of rotatable bonds is 2. The maximum Gasteiger partial charge on any atom is -0.0318 e. The summed E-state index contributed by atoms with van der Waals surface area (Å²) in [6.07, 6.45) is 3.13. The largest absolute Gasteiger partial charge is 0.0625 e. The molecule has 3 saturated carbocycles. The second-order valence-corrected chi connectivity index (χ2v) is 7.63. The van der Waals surface area contributed by atoms with Crippen LogP contribution in [0.15, 0.2) is 0 Å². The fourth-order valence-corrected chi connectivity index (χ4v) is 5.62. The van der Waals surface area contributed by atoms with Gasteiger partial charge in [0.2, 0.25) is 0 Å². The molecule has 0 bridgehead atoms. The summed E-state index contributed by atoms with van der Waals surface area (Å²) in [5.41, 5.74) is 0. The lowest BCUT2D eigenvalue weighted by molar-refractivity contribution is 0.172. The molecule has 7 unspecified atom stereocenters. The van der Waals surface area contributed by atoms with Crippen LogP contribution >= 0.6 is 0 Å². The van der Waals surface area contributed by atoms with Crippen LogP contribution in [0.3, 0.4) is 0 Å². The van der Waals surface area contributed by atoms with Crippen LogP contribution < -0.4 is 0 Å². The molecule has 3 fully saturated rings. The van der Waals surface area contributed by atoms with E-state index in [1.54, 1.807) is 12.8 Å². The zero-order chi connectivity index (χ0) is 11.6. The average Bonchev–Trinajstić information content (AvgIpc) is 2.79. The molecular weight excluding hydrogens is 192 g/mol. The highest BCUT2D eigenvalue weighted by Gasteiger charge is 2.64. The van der Waals surface area contributed by atoms with Crippen LogP contribution in [0, 0.1) is 53.3 Å². The van der Waals surface area contributed by atoms with Gasteiger partial charge in [0, 0.05) is 0 Å². The predicted octanol–water partition coefficient (Wildman–Crippen LogP) is 4.45. The molecule has 0 heteroatoms. The lowest BCUT2D eigenvalue weighted by Crippen LogP contribution is -2.25. The molecule has 3 aliphatic carbocycles. The molecule has 3 rings (SSSR count). The molecule has 3 aliphatic rings. The molecule has 7 atom stereocenters. The summed E-state index contributed by atoms with van der Waals surface area (Å²) < 4.78 is 0. The van der Waals surface area contributed by atoms with E-state index < -0.39 is 0 Å². The molecule has 0 radical (unpaired) electrons. The van der Waals surface area contributed by atoms with Crippen LogP contribution in [-0.2, 0) is 0 Å². The van der Waals surface area contributed by atoms with E-state index in [0.29, 0.717) is 0 Å². The average molecular weight is 220 g/mol.